The van der Waals surface area contributed by atoms with Crippen molar-refractivity contribution in [3.8, 4) is 0 Å². The predicted octanol–water partition coefficient (Wildman–Crippen LogP) is 3.19. The third-order valence-corrected chi connectivity index (χ3v) is 7.97. The molecule has 1 atom stereocenters. The molecule has 0 bridgehead atoms. The number of ether oxygens (including phenoxy) is 2. The van der Waals surface area contributed by atoms with Gasteiger partial charge in [-0.05, 0) is 38.5 Å². The summed E-state index contributed by atoms with van der Waals surface area (Å²) < 4.78 is 14.7. The van der Waals surface area contributed by atoms with Crippen molar-refractivity contribution in [1.82, 2.24) is 9.88 Å². The van der Waals surface area contributed by atoms with Crippen molar-refractivity contribution in [2.24, 2.45) is 0 Å². The van der Waals surface area contributed by atoms with E-state index in [-0.39, 0.29) is 29.1 Å². The maximum atomic E-state index is 13.1. The minimum Gasteiger partial charge on any atom is -1.00 e. The molecule has 11 heteroatoms. The summed E-state index contributed by atoms with van der Waals surface area (Å²) in [5.74, 6) is -0.629. The molecule has 1 heterocycles. The van der Waals surface area contributed by atoms with Gasteiger partial charge in [-0.15, -0.1) is 0 Å². The topological polar surface area (TPSA) is 117 Å². The maximum absolute atomic E-state index is 13.1. The van der Waals surface area contributed by atoms with E-state index in [1.165, 1.54) is 19.2 Å². The number of non-ortho nitro benzene ring substituents is 1. The third kappa shape index (κ3) is 8.42. The molecular formula is C38H39BrN4O6. The highest BCUT2D eigenvalue weighted by Gasteiger charge is 2.44. The number of alkyl carbamates (subject to hydrolysis) is 1. The smallest absolute Gasteiger partial charge is 0.408 e. The molecule has 1 aromatic heterocycles. The van der Waals surface area contributed by atoms with Crippen LogP contribution in [-0.4, -0.2) is 40.3 Å². The molecule has 0 fully saturated rings. The van der Waals surface area contributed by atoms with Crippen molar-refractivity contribution in [2.45, 2.75) is 50.9 Å². The summed E-state index contributed by atoms with van der Waals surface area (Å²) in [5, 5.41) is 14.0. The lowest BCUT2D eigenvalue weighted by Gasteiger charge is -2.32. The molecule has 0 aliphatic rings. The van der Waals surface area contributed by atoms with E-state index in [9.17, 15) is 19.7 Å². The predicted molar refractivity (Wildman–Crippen MR) is 180 cm³/mol. The second kappa shape index (κ2) is 15.7. The van der Waals surface area contributed by atoms with Gasteiger partial charge < -0.3 is 31.8 Å². The van der Waals surface area contributed by atoms with Crippen molar-refractivity contribution in [2.75, 3.05) is 7.11 Å². The monoisotopic (exact) mass is 726 g/mol. The summed E-state index contributed by atoms with van der Waals surface area (Å²) in [5.41, 5.74) is 2.89. The van der Waals surface area contributed by atoms with E-state index in [1.807, 2.05) is 71.7 Å². The number of halogens is 1. The molecule has 10 nitrogen and oxygen atoms in total. The number of imidazole rings is 1. The molecule has 49 heavy (non-hydrogen) atoms. The zero-order chi connectivity index (χ0) is 34.3. The number of amides is 1. The van der Waals surface area contributed by atoms with Gasteiger partial charge in [0.05, 0.1) is 12.0 Å². The van der Waals surface area contributed by atoms with Crippen molar-refractivity contribution in [3.05, 3.63) is 166 Å². The number of hydrogen-bond donors (Lipinski definition) is 1. The maximum Gasteiger partial charge on any atom is 0.408 e. The van der Waals surface area contributed by atoms with Gasteiger partial charge in [0.1, 0.15) is 30.1 Å². The number of carbonyl (C=O) groups excluding carboxylic acids is 2. The van der Waals surface area contributed by atoms with Crippen molar-refractivity contribution in [3.63, 3.8) is 0 Å². The molecule has 0 radical (unpaired) electrons. The van der Waals surface area contributed by atoms with Crippen LogP contribution < -0.4 is 26.9 Å². The van der Waals surface area contributed by atoms with E-state index in [0.717, 1.165) is 22.3 Å². The van der Waals surface area contributed by atoms with Gasteiger partial charge in [-0.25, -0.2) is 18.7 Å². The van der Waals surface area contributed by atoms with Crippen LogP contribution in [0.1, 0.15) is 48.7 Å². The first-order chi connectivity index (χ1) is 23.0. The Balaban J connectivity index is 0.00000541. The standard InChI is InChI=1S/C38H38N4O6.BrH/c1-37(2,3)48-36(44)39-34(35(43)47-4)24-33-26-41(27-40(33)25-28-20-22-32(23-21-28)42(45)46)38(29-14-8-5-9-15-29,30-16-10-6-11-17-30)31-18-12-7-13-19-31;/h5-23,26-27,34H,24-25H2,1-4H3;1H/t34-;/m0./s1. The summed E-state index contributed by atoms with van der Waals surface area (Å²) >= 11 is 0. The summed E-state index contributed by atoms with van der Waals surface area (Å²) in [6.45, 7) is 5.56. The van der Waals surface area contributed by atoms with Gasteiger partial charge in [0.2, 0.25) is 6.33 Å². The minimum atomic E-state index is -1.07. The van der Waals surface area contributed by atoms with Gasteiger partial charge >= 0.3 is 12.1 Å². The quantitative estimate of drug-likeness (QED) is 0.0736. The van der Waals surface area contributed by atoms with Crippen molar-refractivity contribution >= 4 is 17.7 Å². The molecule has 0 aliphatic carbocycles. The number of esters is 1. The zero-order valence-corrected chi connectivity index (χ0v) is 29.4. The lowest BCUT2D eigenvalue weighted by Crippen LogP contribution is -3.00. The molecule has 5 aromatic rings. The molecular weight excluding hydrogens is 688 g/mol. The molecule has 254 valence electrons. The molecule has 4 aromatic carbocycles. The molecule has 0 aliphatic heterocycles. The number of nitrogens with zero attached hydrogens (tertiary/aromatic N) is 3. The third-order valence-electron chi connectivity index (χ3n) is 7.97. The van der Waals surface area contributed by atoms with E-state index in [0.29, 0.717) is 12.2 Å². The molecule has 1 N–H and O–H groups in total. The van der Waals surface area contributed by atoms with Crippen LogP contribution in [0.2, 0.25) is 0 Å². The first kappa shape index (κ1) is 36.5. The Hall–Kier alpha value is -5.29. The van der Waals surface area contributed by atoms with E-state index in [1.54, 1.807) is 32.9 Å². The van der Waals surface area contributed by atoms with Crippen LogP contribution in [0.4, 0.5) is 10.5 Å². The highest BCUT2D eigenvalue weighted by Crippen LogP contribution is 2.36. The second-order valence-corrected chi connectivity index (χ2v) is 12.4. The van der Waals surface area contributed by atoms with Gasteiger partial charge in [-0.2, -0.15) is 0 Å². The van der Waals surface area contributed by atoms with Gasteiger partial charge in [0, 0.05) is 35.2 Å². The van der Waals surface area contributed by atoms with E-state index >= 15 is 0 Å². The molecule has 0 saturated heterocycles. The molecule has 5 rings (SSSR count). The fourth-order valence-electron chi connectivity index (χ4n) is 5.89. The Labute approximate surface area is 296 Å². The Bertz CT molecular complexity index is 1760. The van der Waals surface area contributed by atoms with Crippen LogP contribution in [0.15, 0.2) is 128 Å². The summed E-state index contributed by atoms with van der Waals surface area (Å²) in [6, 6.07) is 35.7. The number of nitrogens with one attached hydrogen (secondary N) is 1. The van der Waals surface area contributed by atoms with E-state index in [4.69, 9.17) is 9.47 Å². The highest BCUT2D eigenvalue weighted by atomic mass is 79.9. The summed E-state index contributed by atoms with van der Waals surface area (Å²) in [6.07, 6.45) is 3.28. The Kier molecular flexibility index (Phi) is 11.7. The number of nitro benzene ring substituents is 1. The van der Waals surface area contributed by atoms with Crippen LogP contribution in [0.25, 0.3) is 0 Å². The molecule has 1 amide bonds. The number of benzene rings is 4. The average molecular weight is 728 g/mol. The van der Waals surface area contributed by atoms with Crippen LogP contribution in [0.5, 0.6) is 0 Å². The van der Waals surface area contributed by atoms with Gasteiger partial charge in [0.25, 0.3) is 5.69 Å². The van der Waals surface area contributed by atoms with Gasteiger partial charge in [-0.1, -0.05) is 91.0 Å². The first-order valence-corrected chi connectivity index (χ1v) is 15.6. The fraction of sp³-hybridized carbons (Fsp3) is 0.237. The van der Waals surface area contributed by atoms with Crippen molar-refractivity contribution in [1.29, 1.82) is 0 Å². The average Bonchev–Trinajstić information content (AvgIpc) is 3.47. The molecule has 0 spiro atoms. The molecule has 0 unspecified atom stereocenters. The largest absolute Gasteiger partial charge is 1.00 e. The Morgan fingerprint density at radius 2 is 1.33 bits per heavy atom. The molecule has 0 saturated carbocycles. The lowest BCUT2D eigenvalue weighted by atomic mass is 9.77. The summed E-state index contributed by atoms with van der Waals surface area (Å²) in [4.78, 5) is 36.8. The van der Waals surface area contributed by atoms with Crippen LogP contribution in [-0.2, 0) is 32.8 Å². The van der Waals surface area contributed by atoms with Crippen LogP contribution in [0.3, 0.4) is 0 Å². The van der Waals surface area contributed by atoms with Crippen LogP contribution >= 0.6 is 0 Å². The zero-order valence-electron chi connectivity index (χ0n) is 27.8. The minimum absolute atomic E-state index is 0. The Morgan fingerprint density at radius 1 is 0.837 bits per heavy atom. The van der Waals surface area contributed by atoms with E-state index < -0.39 is 34.2 Å². The first-order valence-electron chi connectivity index (χ1n) is 15.6. The number of carbonyl (C=O) groups is 2. The number of aromatic nitrogens is 2. The lowest BCUT2D eigenvalue weighted by molar-refractivity contribution is -0.734. The van der Waals surface area contributed by atoms with Crippen molar-refractivity contribution < 1.29 is 45.5 Å². The SMILES string of the molecule is COC(=O)[C@H](Cc1c[n+](C(c2ccccc2)(c2ccccc2)c2ccccc2)cn1Cc1ccc([N+](=O)[O-])cc1)NC(=O)OC(C)(C)C.[Br-]. The van der Waals surface area contributed by atoms with Gasteiger partial charge in [0.15, 0.2) is 5.54 Å². The fourth-order valence-corrected chi connectivity index (χ4v) is 5.89. The number of hydrogen-bond acceptors (Lipinski definition) is 6. The van der Waals surface area contributed by atoms with E-state index in [2.05, 4.69) is 46.3 Å². The number of methoxy groups -OCH3 is 1. The van der Waals surface area contributed by atoms with Crippen LogP contribution in [0, 0.1) is 10.1 Å². The van der Waals surface area contributed by atoms with Gasteiger partial charge in [-0.3, -0.25) is 10.1 Å². The Morgan fingerprint density at radius 3 is 1.76 bits per heavy atom. The number of rotatable bonds is 11. The summed E-state index contributed by atoms with van der Waals surface area (Å²) in [7, 11) is 1.27. The highest BCUT2D eigenvalue weighted by molar-refractivity contribution is 5.81. The second-order valence-electron chi connectivity index (χ2n) is 12.4. The normalized spacial score (nSPS) is 11.9. The number of nitro groups is 1.